The second kappa shape index (κ2) is 4.72. The van der Waals surface area contributed by atoms with E-state index >= 15 is 0 Å². The zero-order valence-corrected chi connectivity index (χ0v) is 10.6. The molecule has 0 N–H and O–H groups in total. The molecule has 1 atom stereocenters. The standard InChI is InChI=1S/C13H18N2O3/c1-17-8-9-6-7-15(9)13(16)12-10-4-2-3-5-11(10)14-18-12/h9H,2-8H2,1H3/t9-/m1/s1. The van der Waals surface area contributed by atoms with Crippen LogP contribution in [0.15, 0.2) is 4.52 Å². The average Bonchev–Trinajstić information content (AvgIpc) is 2.78. The predicted molar refractivity (Wildman–Crippen MR) is 64.5 cm³/mol. The minimum absolute atomic E-state index is 0.0149. The third kappa shape index (κ3) is 1.82. The van der Waals surface area contributed by atoms with Crippen LogP contribution in [0, 0.1) is 0 Å². The highest BCUT2D eigenvalue weighted by Crippen LogP contribution is 2.27. The number of nitrogens with zero attached hydrogens (tertiary/aromatic N) is 2. The molecule has 98 valence electrons. The molecule has 1 fully saturated rings. The molecular weight excluding hydrogens is 232 g/mol. The van der Waals surface area contributed by atoms with E-state index < -0.39 is 0 Å². The summed E-state index contributed by atoms with van der Waals surface area (Å²) in [6.07, 6.45) is 5.13. The smallest absolute Gasteiger partial charge is 0.293 e. The maximum Gasteiger partial charge on any atom is 0.293 e. The number of aryl methyl sites for hydroxylation is 1. The second-order valence-corrected chi connectivity index (χ2v) is 5.04. The molecule has 5 nitrogen and oxygen atoms in total. The Hall–Kier alpha value is -1.36. The van der Waals surface area contributed by atoms with Gasteiger partial charge in [0.1, 0.15) is 0 Å². The SMILES string of the molecule is COC[C@H]1CCN1C(=O)c1onc2c1CCCC2. The fourth-order valence-electron chi connectivity index (χ4n) is 2.76. The molecule has 0 unspecified atom stereocenters. The van der Waals surface area contributed by atoms with Gasteiger partial charge in [0.25, 0.3) is 5.91 Å². The summed E-state index contributed by atoms with van der Waals surface area (Å²) < 4.78 is 10.4. The van der Waals surface area contributed by atoms with Gasteiger partial charge in [-0.25, -0.2) is 0 Å². The van der Waals surface area contributed by atoms with Gasteiger partial charge in [-0.05, 0) is 32.1 Å². The Labute approximate surface area is 106 Å². The summed E-state index contributed by atoms with van der Waals surface area (Å²) in [7, 11) is 1.66. The Morgan fingerprint density at radius 1 is 1.50 bits per heavy atom. The summed E-state index contributed by atoms with van der Waals surface area (Å²) in [4.78, 5) is 14.2. The van der Waals surface area contributed by atoms with Crippen molar-refractivity contribution < 1.29 is 14.1 Å². The first-order valence-electron chi connectivity index (χ1n) is 6.58. The largest absolute Gasteiger partial charge is 0.383 e. The first kappa shape index (κ1) is 11.7. The molecule has 0 saturated carbocycles. The van der Waals surface area contributed by atoms with Crippen molar-refractivity contribution in [3.63, 3.8) is 0 Å². The number of carbonyl (C=O) groups is 1. The van der Waals surface area contributed by atoms with Crippen LogP contribution in [0.5, 0.6) is 0 Å². The number of aromatic nitrogens is 1. The van der Waals surface area contributed by atoms with E-state index in [4.69, 9.17) is 9.26 Å². The number of methoxy groups -OCH3 is 1. The Bertz CT molecular complexity index is 455. The molecule has 0 bridgehead atoms. The highest BCUT2D eigenvalue weighted by molar-refractivity contribution is 5.93. The minimum atomic E-state index is -0.0149. The van der Waals surface area contributed by atoms with Crippen molar-refractivity contribution in [1.82, 2.24) is 10.1 Å². The van der Waals surface area contributed by atoms with E-state index in [2.05, 4.69) is 5.16 Å². The Morgan fingerprint density at radius 2 is 2.33 bits per heavy atom. The molecule has 18 heavy (non-hydrogen) atoms. The van der Waals surface area contributed by atoms with E-state index in [1.54, 1.807) is 7.11 Å². The number of rotatable bonds is 3. The summed E-state index contributed by atoms with van der Waals surface area (Å²) in [5.74, 6) is 0.449. The number of hydrogen-bond donors (Lipinski definition) is 0. The molecule has 0 radical (unpaired) electrons. The second-order valence-electron chi connectivity index (χ2n) is 5.04. The van der Waals surface area contributed by atoms with Gasteiger partial charge in [-0.2, -0.15) is 0 Å². The molecule has 1 aromatic heterocycles. The molecule has 1 aliphatic carbocycles. The van der Waals surface area contributed by atoms with Gasteiger partial charge in [-0.1, -0.05) is 5.16 Å². The lowest BCUT2D eigenvalue weighted by Crippen LogP contribution is -2.53. The predicted octanol–water partition coefficient (Wildman–Crippen LogP) is 1.41. The Morgan fingerprint density at radius 3 is 3.06 bits per heavy atom. The number of ether oxygens (including phenoxy) is 1. The van der Waals surface area contributed by atoms with Crippen LogP contribution < -0.4 is 0 Å². The van der Waals surface area contributed by atoms with E-state index in [0.717, 1.165) is 49.9 Å². The van der Waals surface area contributed by atoms with Crippen LogP contribution in [0.3, 0.4) is 0 Å². The molecule has 5 heteroatoms. The van der Waals surface area contributed by atoms with E-state index in [0.29, 0.717) is 12.4 Å². The number of fused-ring (bicyclic) bond motifs is 1. The van der Waals surface area contributed by atoms with Crippen molar-refractivity contribution in [2.45, 2.75) is 38.1 Å². The van der Waals surface area contributed by atoms with Crippen molar-refractivity contribution in [3.05, 3.63) is 17.0 Å². The van der Waals surface area contributed by atoms with Crippen molar-refractivity contribution in [2.24, 2.45) is 0 Å². The number of hydrogen-bond acceptors (Lipinski definition) is 4. The molecular formula is C13H18N2O3. The zero-order chi connectivity index (χ0) is 12.5. The zero-order valence-electron chi connectivity index (χ0n) is 10.6. The third-order valence-corrected chi connectivity index (χ3v) is 3.92. The number of amides is 1. The van der Waals surface area contributed by atoms with Gasteiger partial charge in [-0.3, -0.25) is 4.79 Å². The quantitative estimate of drug-likeness (QED) is 0.814. The summed E-state index contributed by atoms with van der Waals surface area (Å²) in [6, 6.07) is 0.201. The highest BCUT2D eigenvalue weighted by atomic mass is 16.5. The van der Waals surface area contributed by atoms with Crippen LogP contribution in [0.25, 0.3) is 0 Å². The van der Waals surface area contributed by atoms with E-state index in [-0.39, 0.29) is 11.9 Å². The summed E-state index contributed by atoms with van der Waals surface area (Å²) >= 11 is 0. The van der Waals surface area contributed by atoms with Crippen molar-refractivity contribution in [2.75, 3.05) is 20.3 Å². The van der Waals surface area contributed by atoms with Gasteiger partial charge in [0, 0.05) is 19.2 Å². The summed E-state index contributed by atoms with van der Waals surface area (Å²) in [5, 5.41) is 4.04. The van der Waals surface area contributed by atoms with Crippen LogP contribution in [0.2, 0.25) is 0 Å². The first-order chi connectivity index (χ1) is 8.81. The lowest BCUT2D eigenvalue weighted by atomic mass is 9.95. The molecule has 0 aromatic carbocycles. The van der Waals surface area contributed by atoms with Crippen LogP contribution in [-0.2, 0) is 17.6 Å². The molecule has 1 amide bonds. The molecule has 1 aromatic rings. The van der Waals surface area contributed by atoms with Crippen molar-refractivity contribution in [3.8, 4) is 0 Å². The van der Waals surface area contributed by atoms with Gasteiger partial charge in [0.2, 0.25) is 5.76 Å². The van der Waals surface area contributed by atoms with Crippen molar-refractivity contribution >= 4 is 5.91 Å². The minimum Gasteiger partial charge on any atom is -0.383 e. The Kier molecular flexibility index (Phi) is 3.07. The Balaban J connectivity index is 1.78. The van der Waals surface area contributed by atoms with Crippen LogP contribution in [0.1, 0.15) is 41.1 Å². The fraction of sp³-hybridized carbons (Fsp3) is 0.692. The molecule has 3 rings (SSSR count). The number of likely N-dealkylation sites (tertiary alicyclic amines) is 1. The maximum absolute atomic E-state index is 12.4. The molecule has 2 heterocycles. The van der Waals surface area contributed by atoms with Gasteiger partial charge < -0.3 is 14.2 Å². The molecule has 1 aliphatic heterocycles. The monoisotopic (exact) mass is 250 g/mol. The van der Waals surface area contributed by atoms with E-state index in [9.17, 15) is 4.79 Å². The maximum atomic E-state index is 12.4. The van der Waals surface area contributed by atoms with Crippen LogP contribution in [-0.4, -0.2) is 42.3 Å². The highest BCUT2D eigenvalue weighted by Gasteiger charge is 2.36. The molecule has 2 aliphatic rings. The van der Waals surface area contributed by atoms with E-state index in [1.165, 1.54) is 0 Å². The first-order valence-corrected chi connectivity index (χ1v) is 6.58. The van der Waals surface area contributed by atoms with Gasteiger partial charge in [0.05, 0.1) is 18.3 Å². The lowest BCUT2D eigenvalue weighted by molar-refractivity contribution is 0.0170. The van der Waals surface area contributed by atoms with Gasteiger partial charge in [0.15, 0.2) is 0 Å². The fourth-order valence-corrected chi connectivity index (χ4v) is 2.76. The molecule has 1 saturated heterocycles. The summed E-state index contributed by atoms with van der Waals surface area (Å²) in [6.45, 7) is 1.39. The number of carbonyl (C=O) groups excluding carboxylic acids is 1. The third-order valence-electron chi connectivity index (χ3n) is 3.92. The van der Waals surface area contributed by atoms with Crippen molar-refractivity contribution in [1.29, 1.82) is 0 Å². The molecule has 0 spiro atoms. The lowest BCUT2D eigenvalue weighted by Gasteiger charge is -2.40. The topological polar surface area (TPSA) is 55.6 Å². The van der Waals surface area contributed by atoms with Gasteiger partial charge in [-0.15, -0.1) is 0 Å². The average molecular weight is 250 g/mol. The summed E-state index contributed by atoms with van der Waals surface area (Å²) in [5.41, 5.74) is 2.02. The van der Waals surface area contributed by atoms with E-state index in [1.807, 2.05) is 4.90 Å². The van der Waals surface area contributed by atoms with Crippen LogP contribution >= 0.6 is 0 Å². The van der Waals surface area contributed by atoms with Crippen LogP contribution in [0.4, 0.5) is 0 Å². The normalized spacial score (nSPS) is 22.5. The van der Waals surface area contributed by atoms with Gasteiger partial charge >= 0.3 is 0 Å².